The van der Waals surface area contributed by atoms with Gasteiger partial charge in [-0.15, -0.1) is 0 Å². The Morgan fingerprint density at radius 3 is 2.00 bits per heavy atom. The van der Waals surface area contributed by atoms with Crippen LogP contribution in [-0.4, -0.2) is 17.0 Å². The van der Waals surface area contributed by atoms with Crippen molar-refractivity contribution in [1.29, 1.82) is 0 Å². The number of unbranched alkanes of at least 4 members (excludes halogenated alkanes) is 10. The lowest BCUT2D eigenvalue weighted by Gasteiger charge is -2.09. The average Bonchev–Trinajstić information content (AvgIpc) is 2.78. The second-order valence-corrected chi connectivity index (χ2v) is 9.95. The fraction of sp³-hybridized carbons (Fsp3) is 0.481. The highest BCUT2D eigenvalue weighted by Gasteiger charge is 2.15. The van der Waals surface area contributed by atoms with Crippen molar-refractivity contribution >= 4 is 42.0 Å². The van der Waals surface area contributed by atoms with E-state index in [0.29, 0.717) is 16.2 Å². The summed E-state index contributed by atoms with van der Waals surface area (Å²) in [6.45, 7) is 2.25. The van der Waals surface area contributed by atoms with E-state index in [1.807, 2.05) is 24.3 Å². The molecule has 0 aliphatic carbocycles. The quantitative estimate of drug-likeness (QED) is 0.233. The summed E-state index contributed by atoms with van der Waals surface area (Å²) in [5, 5.41) is 12.4. The lowest BCUT2D eigenvalue weighted by atomic mass is 10.1. The molecule has 0 aliphatic heterocycles. The zero-order valence-corrected chi connectivity index (χ0v) is 21.2. The number of carboxylic acids is 1. The van der Waals surface area contributed by atoms with Gasteiger partial charge in [-0.05, 0) is 42.8 Å². The minimum Gasteiger partial charge on any atom is -0.478 e. The number of carboxylic acid groups (broad SMARTS) is 1. The Balaban J connectivity index is 1.64. The molecule has 0 fully saturated rings. The molecule has 179 valence electrons. The number of amides is 1. The SMILES string of the molecule is CCCCCCCCCCCCCC(=O)Nc1ccc(Sc2cccc([S])c2C(=O)O)cc1. The molecular formula is C27H36NO3S2. The van der Waals surface area contributed by atoms with Crippen LogP contribution in [-0.2, 0) is 4.79 Å². The van der Waals surface area contributed by atoms with Crippen molar-refractivity contribution in [3.8, 4) is 0 Å². The minimum atomic E-state index is -1.02. The van der Waals surface area contributed by atoms with E-state index in [1.54, 1.807) is 18.2 Å². The first kappa shape index (κ1) is 27.2. The molecule has 6 heteroatoms. The van der Waals surface area contributed by atoms with Crippen LogP contribution in [0, 0.1) is 0 Å². The minimum absolute atomic E-state index is 0.0401. The highest BCUT2D eigenvalue weighted by atomic mass is 32.2. The molecule has 1 radical (unpaired) electrons. The maximum absolute atomic E-state index is 12.2. The third kappa shape index (κ3) is 10.6. The molecule has 0 aromatic heterocycles. The van der Waals surface area contributed by atoms with Crippen LogP contribution in [0.2, 0.25) is 0 Å². The largest absolute Gasteiger partial charge is 0.478 e. The molecule has 2 rings (SSSR count). The van der Waals surface area contributed by atoms with Gasteiger partial charge in [-0.3, -0.25) is 4.79 Å². The van der Waals surface area contributed by atoms with E-state index in [4.69, 9.17) is 12.6 Å². The fourth-order valence-corrected chi connectivity index (χ4v) is 5.03. The highest BCUT2D eigenvalue weighted by molar-refractivity contribution is 7.99. The molecule has 0 atom stereocenters. The molecule has 0 bridgehead atoms. The normalized spacial score (nSPS) is 10.8. The number of carbonyl (C=O) groups is 2. The van der Waals surface area contributed by atoms with E-state index >= 15 is 0 Å². The number of aromatic carboxylic acids is 1. The Bertz CT molecular complexity index is 868. The van der Waals surface area contributed by atoms with Crippen LogP contribution in [0.5, 0.6) is 0 Å². The van der Waals surface area contributed by atoms with Gasteiger partial charge in [-0.25, -0.2) is 4.79 Å². The van der Waals surface area contributed by atoms with Crippen molar-refractivity contribution in [2.75, 3.05) is 5.32 Å². The zero-order valence-electron chi connectivity index (χ0n) is 19.6. The van der Waals surface area contributed by atoms with Crippen molar-refractivity contribution in [2.24, 2.45) is 0 Å². The molecule has 0 saturated carbocycles. The highest BCUT2D eigenvalue weighted by Crippen LogP contribution is 2.33. The van der Waals surface area contributed by atoms with Gasteiger partial charge in [0.25, 0.3) is 0 Å². The van der Waals surface area contributed by atoms with Crippen LogP contribution in [0.15, 0.2) is 57.2 Å². The van der Waals surface area contributed by atoms with Crippen LogP contribution >= 0.6 is 24.4 Å². The predicted octanol–water partition coefficient (Wildman–Crippen LogP) is 8.73. The summed E-state index contributed by atoms with van der Waals surface area (Å²) in [5.41, 5.74) is 0.907. The number of hydrogen-bond acceptors (Lipinski definition) is 3. The molecule has 4 nitrogen and oxygen atoms in total. The third-order valence-electron chi connectivity index (χ3n) is 5.58. The van der Waals surface area contributed by atoms with Crippen molar-refractivity contribution < 1.29 is 14.7 Å². The number of hydrogen-bond donors (Lipinski definition) is 2. The van der Waals surface area contributed by atoms with Crippen molar-refractivity contribution in [3.63, 3.8) is 0 Å². The summed E-state index contributed by atoms with van der Waals surface area (Å²) in [6, 6.07) is 12.6. The Kier molecular flexibility index (Phi) is 13.0. The van der Waals surface area contributed by atoms with Crippen LogP contribution in [0.25, 0.3) is 0 Å². The first-order chi connectivity index (χ1) is 16.0. The topological polar surface area (TPSA) is 66.4 Å². The lowest BCUT2D eigenvalue weighted by molar-refractivity contribution is -0.116. The Hall–Kier alpha value is -2.05. The molecule has 2 N–H and O–H groups in total. The fourth-order valence-electron chi connectivity index (χ4n) is 3.71. The number of nitrogens with one attached hydrogen (secondary N) is 1. The van der Waals surface area contributed by atoms with Gasteiger partial charge in [0.05, 0.1) is 10.5 Å². The zero-order chi connectivity index (χ0) is 23.9. The van der Waals surface area contributed by atoms with E-state index in [0.717, 1.165) is 23.4 Å². The van der Waals surface area contributed by atoms with E-state index in [2.05, 4.69) is 12.2 Å². The number of benzene rings is 2. The first-order valence-corrected chi connectivity index (χ1v) is 13.3. The molecule has 2 aromatic rings. The van der Waals surface area contributed by atoms with Gasteiger partial charge in [0.1, 0.15) is 0 Å². The molecule has 0 saturated heterocycles. The smallest absolute Gasteiger partial charge is 0.338 e. The van der Waals surface area contributed by atoms with Gasteiger partial charge in [0.2, 0.25) is 5.91 Å². The van der Waals surface area contributed by atoms with E-state index in [9.17, 15) is 14.7 Å². The van der Waals surface area contributed by atoms with Gasteiger partial charge < -0.3 is 10.4 Å². The van der Waals surface area contributed by atoms with Gasteiger partial charge in [0.15, 0.2) is 0 Å². The Morgan fingerprint density at radius 1 is 0.848 bits per heavy atom. The molecule has 0 heterocycles. The molecule has 1 amide bonds. The maximum atomic E-state index is 12.2. The molecule has 0 unspecified atom stereocenters. The summed E-state index contributed by atoms with van der Waals surface area (Å²) >= 11 is 6.50. The summed E-state index contributed by atoms with van der Waals surface area (Å²) in [5.74, 6) is -0.979. The summed E-state index contributed by atoms with van der Waals surface area (Å²) in [4.78, 5) is 25.5. The van der Waals surface area contributed by atoms with Gasteiger partial charge >= 0.3 is 5.97 Å². The van der Waals surface area contributed by atoms with Crippen LogP contribution in [0.3, 0.4) is 0 Å². The molecule has 2 aromatic carbocycles. The van der Waals surface area contributed by atoms with Crippen molar-refractivity contribution in [1.82, 2.24) is 0 Å². The van der Waals surface area contributed by atoms with Crippen LogP contribution in [0.1, 0.15) is 94.3 Å². The standard InChI is InChI=1S/C27H36NO3S2/c1-2-3-4-5-6-7-8-9-10-11-12-16-25(29)28-21-17-19-22(20-18-21)33-24-15-13-14-23(32)26(24)27(30)31/h13-15,17-20H,2-12,16H2,1H3,(H,28,29)(H,30,31). The first-order valence-electron chi connectivity index (χ1n) is 12.1. The summed E-state index contributed by atoms with van der Waals surface area (Å²) < 4.78 is 0. The van der Waals surface area contributed by atoms with E-state index < -0.39 is 5.97 Å². The van der Waals surface area contributed by atoms with Crippen LogP contribution in [0.4, 0.5) is 5.69 Å². The lowest BCUT2D eigenvalue weighted by Crippen LogP contribution is -2.10. The van der Waals surface area contributed by atoms with Gasteiger partial charge in [-0.2, -0.15) is 0 Å². The van der Waals surface area contributed by atoms with E-state index in [-0.39, 0.29) is 11.5 Å². The second-order valence-electron chi connectivity index (χ2n) is 8.39. The monoisotopic (exact) mass is 486 g/mol. The Morgan fingerprint density at radius 2 is 1.42 bits per heavy atom. The molecule has 0 aliphatic rings. The van der Waals surface area contributed by atoms with Gasteiger partial charge in [-0.1, -0.05) is 102 Å². The third-order valence-corrected chi connectivity index (χ3v) is 6.98. The Labute approximate surface area is 208 Å². The average molecular weight is 487 g/mol. The van der Waals surface area contributed by atoms with Crippen molar-refractivity contribution in [3.05, 3.63) is 48.0 Å². The summed E-state index contributed by atoms with van der Waals surface area (Å²) in [7, 11) is 0. The second kappa shape index (κ2) is 15.7. The molecular weight excluding hydrogens is 450 g/mol. The number of carbonyl (C=O) groups excluding carboxylic acids is 1. The summed E-state index contributed by atoms with van der Waals surface area (Å²) in [6.07, 6.45) is 14.5. The molecule has 0 spiro atoms. The number of anilines is 1. The van der Waals surface area contributed by atoms with Gasteiger partial charge in [0, 0.05) is 21.9 Å². The maximum Gasteiger partial charge on any atom is 0.338 e. The van der Waals surface area contributed by atoms with Crippen molar-refractivity contribution in [2.45, 2.75) is 98.7 Å². The van der Waals surface area contributed by atoms with Crippen LogP contribution < -0.4 is 5.32 Å². The predicted molar refractivity (Wildman–Crippen MR) is 140 cm³/mol. The molecule has 33 heavy (non-hydrogen) atoms. The number of rotatable bonds is 16. The van der Waals surface area contributed by atoms with E-state index in [1.165, 1.54) is 69.5 Å².